The third-order valence-corrected chi connectivity index (χ3v) is 4.29. The molecule has 24 heavy (non-hydrogen) atoms. The standard InChI is InChI=1S/C18H16Cl2NO2.ClH/c1-22-17-7-12-5-6-21(11-14(12)8-18(17)23-2)10-13-3-4-15(19)9-16(13)20;/h3-9,11H,10H2,1-2H3;1H/q+1;/p-1. The summed E-state index contributed by atoms with van der Waals surface area (Å²) < 4.78 is 12.8. The van der Waals surface area contributed by atoms with Crippen LogP contribution in [0.25, 0.3) is 10.8 Å². The van der Waals surface area contributed by atoms with Gasteiger partial charge in [0.2, 0.25) is 0 Å². The Bertz CT molecular complexity index is 868. The first-order chi connectivity index (χ1) is 11.1. The lowest BCUT2D eigenvalue weighted by molar-refractivity contribution is -0.687. The number of hydrogen-bond acceptors (Lipinski definition) is 2. The van der Waals surface area contributed by atoms with E-state index in [0.29, 0.717) is 22.3 Å². The average Bonchev–Trinajstić information content (AvgIpc) is 2.56. The van der Waals surface area contributed by atoms with Gasteiger partial charge in [0.15, 0.2) is 30.4 Å². The lowest BCUT2D eigenvalue weighted by Gasteiger charge is -2.08. The van der Waals surface area contributed by atoms with Gasteiger partial charge in [0, 0.05) is 22.0 Å². The first-order valence-corrected chi connectivity index (χ1v) is 7.85. The molecule has 3 rings (SSSR count). The molecule has 0 atom stereocenters. The van der Waals surface area contributed by atoms with E-state index in [0.717, 1.165) is 22.1 Å². The fourth-order valence-corrected chi connectivity index (χ4v) is 2.98. The minimum atomic E-state index is 0. The molecule has 0 aliphatic rings. The van der Waals surface area contributed by atoms with Gasteiger partial charge in [0.25, 0.3) is 0 Å². The van der Waals surface area contributed by atoms with E-state index < -0.39 is 0 Å². The van der Waals surface area contributed by atoms with Gasteiger partial charge < -0.3 is 21.9 Å². The maximum absolute atomic E-state index is 6.25. The minimum Gasteiger partial charge on any atom is -1.00 e. The predicted molar refractivity (Wildman–Crippen MR) is 92.8 cm³/mol. The van der Waals surface area contributed by atoms with Crippen LogP contribution in [0, 0.1) is 0 Å². The zero-order valence-electron chi connectivity index (χ0n) is 13.2. The van der Waals surface area contributed by atoms with Crippen molar-refractivity contribution >= 4 is 34.0 Å². The summed E-state index contributed by atoms with van der Waals surface area (Å²) in [5.41, 5.74) is 1.01. The molecule has 1 heterocycles. The van der Waals surface area contributed by atoms with Crippen LogP contribution in [0.15, 0.2) is 48.8 Å². The summed E-state index contributed by atoms with van der Waals surface area (Å²) in [6.45, 7) is 0.667. The molecule has 126 valence electrons. The largest absolute Gasteiger partial charge is 1.00 e. The molecule has 1 aromatic heterocycles. The molecule has 3 nitrogen and oxygen atoms in total. The molecule has 2 aromatic carbocycles. The SMILES string of the molecule is COc1cc2cc[n+](Cc3ccc(Cl)cc3Cl)cc2cc1OC.[Cl-]. The van der Waals surface area contributed by atoms with Crippen LogP contribution in [0.2, 0.25) is 10.0 Å². The molecule has 0 N–H and O–H groups in total. The van der Waals surface area contributed by atoms with Crippen molar-refractivity contribution in [2.45, 2.75) is 6.54 Å². The molecule has 0 amide bonds. The van der Waals surface area contributed by atoms with Gasteiger partial charge in [-0.1, -0.05) is 23.2 Å². The third-order valence-electron chi connectivity index (χ3n) is 3.71. The number of hydrogen-bond donors (Lipinski definition) is 0. The van der Waals surface area contributed by atoms with Gasteiger partial charge in [-0.2, -0.15) is 0 Å². The molecule has 3 aromatic rings. The van der Waals surface area contributed by atoms with Gasteiger partial charge in [0.05, 0.1) is 19.2 Å². The maximum Gasteiger partial charge on any atom is 0.177 e. The normalized spacial score (nSPS) is 10.3. The van der Waals surface area contributed by atoms with Crippen LogP contribution in [0.4, 0.5) is 0 Å². The van der Waals surface area contributed by atoms with E-state index in [4.69, 9.17) is 32.7 Å². The number of rotatable bonds is 4. The fourth-order valence-electron chi connectivity index (χ4n) is 2.51. The number of aromatic nitrogens is 1. The van der Waals surface area contributed by atoms with Crippen molar-refractivity contribution in [1.29, 1.82) is 0 Å². The molecule has 6 heteroatoms. The van der Waals surface area contributed by atoms with Crippen LogP contribution in [0.5, 0.6) is 11.5 Å². The predicted octanol–water partition coefficient (Wildman–Crippen LogP) is 1.50. The molecular formula is C18H16Cl3NO2. The van der Waals surface area contributed by atoms with Crippen molar-refractivity contribution in [3.8, 4) is 11.5 Å². The van der Waals surface area contributed by atoms with E-state index in [9.17, 15) is 0 Å². The second kappa shape index (κ2) is 7.93. The molecule has 0 aliphatic carbocycles. The molecule has 0 radical (unpaired) electrons. The number of methoxy groups -OCH3 is 2. The third kappa shape index (κ3) is 3.86. The monoisotopic (exact) mass is 383 g/mol. The van der Waals surface area contributed by atoms with E-state index in [2.05, 4.69) is 10.8 Å². The summed E-state index contributed by atoms with van der Waals surface area (Å²) in [7, 11) is 3.27. The van der Waals surface area contributed by atoms with Crippen LogP contribution >= 0.6 is 23.2 Å². The Labute approximate surface area is 157 Å². The highest BCUT2D eigenvalue weighted by Crippen LogP contribution is 2.31. The second-order valence-electron chi connectivity index (χ2n) is 5.19. The van der Waals surface area contributed by atoms with Crippen molar-refractivity contribution in [2.24, 2.45) is 0 Å². The smallest absolute Gasteiger partial charge is 0.177 e. The molecule has 0 aliphatic heterocycles. The molecular weight excluding hydrogens is 369 g/mol. The highest BCUT2D eigenvalue weighted by Gasteiger charge is 2.11. The number of pyridine rings is 1. The number of fused-ring (bicyclic) bond motifs is 1. The van der Waals surface area contributed by atoms with Crippen LogP contribution < -0.4 is 26.4 Å². The zero-order chi connectivity index (χ0) is 16.4. The topological polar surface area (TPSA) is 22.3 Å². The summed E-state index contributed by atoms with van der Waals surface area (Å²) in [4.78, 5) is 0. The Balaban J connectivity index is 0.00000208. The van der Waals surface area contributed by atoms with Crippen LogP contribution in [0.1, 0.15) is 5.56 Å². The number of benzene rings is 2. The highest BCUT2D eigenvalue weighted by atomic mass is 35.5. The van der Waals surface area contributed by atoms with E-state index in [1.165, 1.54) is 0 Å². The van der Waals surface area contributed by atoms with Crippen LogP contribution in [-0.2, 0) is 6.54 Å². The molecule has 0 fully saturated rings. The Morgan fingerprint density at radius 3 is 2.21 bits per heavy atom. The lowest BCUT2D eigenvalue weighted by Crippen LogP contribution is -3.00. The van der Waals surface area contributed by atoms with E-state index in [-0.39, 0.29) is 12.4 Å². The number of nitrogens with zero attached hydrogens (tertiary/aromatic N) is 1. The Kier molecular flexibility index (Phi) is 6.16. The molecule has 0 bridgehead atoms. The minimum absolute atomic E-state index is 0. The highest BCUT2D eigenvalue weighted by molar-refractivity contribution is 6.35. The van der Waals surface area contributed by atoms with Crippen LogP contribution in [0.3, 0.4) is 0 Å². The Morgan fingerprint density at radius 1 is 0.917 bits per heavy atom. The zero-order valence-corrected chi connectivity index (χ0v) is 15.5. The van der Waals surface area contributed by atoms with Crippen molar-refractivity contribution in [1.82, 2.24) is 0 Å². The van der Waals surface area contributed by atoms with Gasteiger partial charge in [0.1, 0.15) is 0 Å². The van der Waals surface area contributed by atoms with Crippen molar-refractivity contribution in [3.05, 3.63) is 64.4 Å². The first kappa shape index (κ1) is 18.7. The summed E-state index contributed by atoms with van der Waals surface area (Å²) in [6, 6.07) is 11.5. The molecule has 0 unspecified atom stereocenters. The summed E-state index contributed by atoms with van der Waals surface area (Å²) in [5, 5.41) is 3.45. The van der Waals surface area contributed by atoms with Crippen molar-refractivity contribution in [3.63, 3.8) is 0 Å². The quantitative estimate of drug-likeness (QED) is 0.636. The van der Waals surface area contributed by atoms with Crippen molar-refractivity contribution < 1.29 is 26.4 Å². The average molecular weight is 385 g/mol. The number of halogens is 3. The first-order valence-electron chi connectivity index (χ1n) is 7.09. The fraction of sp³-hybridized carbons (Fsp3) is 0.167. The van der Waals surface area contributed by atoms with Crippen molar-refractivity contribution in [2.75, 3.05) is 14.2 Å². The molecule has 0 saturated carbocycles. The lowest BCUT2D eigenvalue weighted by atomic mass is 10.1. The number of ether oxygens (including phenoxy) is 2. The maximum atomic E-state index is 6.25. The van der Waals surface area contributed by atoms with Gasteiger partial charge >= 0.3 is 0 Å². The van der Waals surface area contributed by atoms with E-state index in [1.54, 1.807) is 20.3 Å². The molecule has 0 spiro atoms. The second-order valence-corrected chi connectivity index (χ2v) is 6.03. The van der Waals surface area contributed by atoms with Gasteiger partial charge in [-0.15, -0.1) is 0 Å². The van der Waals surface area contributed by atoms with Gasteiger partial charge in [-0.3, -0.25) is 0 Å². The summed E-state index contributed by atoms with van der Waals surface area (Å²) >= 11 is 12.2. The van der Waals surface area contributed by atoms with E-state index in [1.807, 2.05) is 36.5 Å². The van der Waals surface area contributed by atoms with Gasteiger partial charge in [-0.25, -0.2) is 4.57 Å². The van der Waals surface area contributed by atoms with Gasteiger partial charge in [-0.05, 0) is 35.7 Å². The van der Waals surface area contributed by atoms with Crippen LogP contribution in [-0.4, -0.2) is 14.2 Å². The molecule has 0 saturated heterocycles. The Morgan fingerprint density at radius 2 is 1.58 bits per heavy atom. The van der Waals surface area contributed by atoms with E-state index >= 15 is 0 Å². The summed E-state index contributed by atoms with van der Waals surface area (Å²) in [6.07, 6.45) is 4.07. The summed E-state index contributed by atoms with van der Waals surface area (Å²) in [5.74, 6) is 1.43. The Hall–Kier alpha value is -1.68.